The van der Waals surface area contributed by atoms with Gasteiger partial charge in [-0.25, -0.2) is 4.98 Å². The van der Waals surface area contributed by atoms with Crippen molar-refractivity contribution in [1.82, 2.24) is 10.3 Å². The van der Waals surface area contributed by atoms with Crippen molar-refractivity contribution in [1.29, 1.82) is 0 Å². The number of nitrogens with one attached hydrogen (secondary N) is 1. The fourth-order valence-electron chi connectivity index (χ4n) is 2.67. The van der Waals surface area contributed by atoms with Crippen molar-refractivity contribution in [2.24, 2.45) is 0 Å². The zero-order valence-corrected chi connectivity index (χ0v) is 16.7. The highest BCUT2D eigenvalue weighted by molar-refractivity contribution is 7.09. The molecule has 0 spiro atoms. The second kappa shape index (κ2) is 9.28. The Bertz CT molecular complexity index is 947. The number of carbonyl (C=O) groups is 2. The molecule has 0 atom stereocenters. The summed E-state index contributed by atoms with van der Waals surface area (Å²) in [6.07, 6.45) is 0.745. The van der Waals surface area contributed by atoms with Gasteiger partial charge < -0.3 is 10.1 Å². The van der Waals surface area contributed by atoms with Gasteiger partial charge in [-0.2, -0.15) is 0 Å². The van der Waals surface area contributed by atoms with Crippen LogP contribution in [-0.2, 0) is 11.2 Å². The minimum atomic E-state index is -0.176. The maximum atomic E-state index is 11.9. The Kier molecular flexibility index (Phi) is 6.55. The first-order valence-electron chi connectivity index (χ1n) is 9.03. The molecule has 2 aromatic carbocycles. The summed E-state index contributed by atoms with van der Waals surface area (Å²) in [5.41, 5.74) is 3.86. The molecule has 0 aliphatic rings. The van der Waals surface area contributed by atoms with Gasteiger partial charge in [0.1, 0.15) is 5.75 Å². The van der Waals surface area contributed by atoms with E-state index in [-0.39, 0.29) is 18.3 Å². The number of carbonyl (C=O) groups excluding carboxylic acids is 2. The van der Waals surface area contributed by atoms with Gasteiger partial charge >= 0.3 is 0 Å². The number of ether oxygens (including phenoxy) is 1. The normalized spacial score (nSPS) is 10.5. The number of nitrogens with zero attached hydrogens (tertiary/aromatic N) is 1. The number of aryl methyl sites for hydroxylation is 1. The highest BCUT2D eigenvalue weighted by Gasteiger charge is 2.05. The highest BCUT2D eigenvalue weighted by Crippen LogP contribution is 2.21. The number of Topliss-reactive ketones (excluding diaryl/α,β-unsaturated/α-hetero) is 1. The first-order chi connectivity index (χ1) is 13.5. The Morgan fingerprint density at radius 2 is 1.79 bits per heavy atom. The summed E-state index contributed by atoms with van der Waals surface area (Å²) < 4.78 is 5.44. The van der Waals surface area contributed by atoms with Gasteiger partial charge in [-0.05, 0) is 50.1 Å². The number of hydrogen-bond donors (Lipinski definition) is 1. The maximum absolute atomic E-state index is 11.9. The lowest BCUT2D eigenvalue weighted by Gasteiger charge is -2.08. The minimum absolute atomic E-state index is 0.000904. The molecule has 0 aliphatic carbocycles. The number of benzene rings is 2. The number of hydrogen-bond acceptors (Lipinski definition) is 5. The zero-order chi connectivity index (χ0) is 19.9. The van der Waals surface area contributed by atoms with Crippen molar-refractivity contribution < 1.29 is 14.3 Å². The van der Waals surface area contributed by atoms with Gasteiger partial charge in [0.2, 0.25) is 0 Å². The molecule has 28 heavy (non-hydrogen) atoms. The summed E-state index contributed by atoms with van der Waals surface area (Å²) in [7, 11) is 0. The largest absolute Gasteiger partial charge is 0.484 e. The van der Waals surface area contributed by atoms with Crippen LogP contribution in [0.15, 0.2) is 53.9 Å². The van der Waals surface area contributed by atoms with Gasteiger partial charge in [0.25, 0.3) is 5.91 Å². The molecule has 3 aromatic rings. The van der Waals surface area contributed by atoms with Crippen LogP contribution in [0.3, 0.4) is 0 Å². The molecule has 0 fully saturated rings. The number of amides is 1. The smallest absolute Gasteiger partial charge is 0.257 e. The molecule has 1 aromatic heterocycles. The van der Waals surface area contributed by atoms with Crippen LogP contribution in [0.4, 0.5) is 0 Å². The van der Waals surface area contributed by atoms with Crippen molar-refractivity contribution in [3.8, 4) is 17.0 Å². The summed E-state index contributed by atoms with van der Waals surface area (Å²) >= 11 is 1.64. The van der Waals surface area contributed by atoms with Crippen LogP contribution in [0.2, 0.25) is 0 Å². The molecule has 144 valence electrons. The molecule has 3 rings (SSSR count). The van der Waals surface area contributed by atoms with E-state index in [1.54, 1.807) is 35.6 Å². The second-order valence-electron chi connectivity index (χ2n) is 6.42. The van der Waals surface area contributed by atoms with Crippen LogP contribution in [-0.4, -0.2) is 29.8 Å². The van der Waals surface area contributed by atoms with Gasteiger partial charge in [0.15, 0.2) is 12.4 Å². The van der Waals surface area contributed by atoms with E-state index in [9.17, 15) is 9.59 Å². The first kappa shape index (κ1) is 19.8. The van der Waals surface area contributed by atoms with Crippen LogP contribution >= 0.6 is 11.3 Å². The number of thiazole rings is 1. The van der Waals surface area contributed by atoms with Crippen molar-refractivity contribution in [3.63, 3.8) is 0 Å². The average Bonchev–Trinajstić information content (AvgIpc) is 3.13. The van der Waals surface area contributed by atoms with Crippen LogP contribution in [0.1, 0.15) is 27.9 Å². The van der Waals surface area contributed by atoms with Crippen molar-refractivity contribution in [2.75, 3.05) is 13.2 Å². The SMILES string of the molecule is CC(=O)c1ccc(OCC(=O)NCCc2ccc(-c3csc(C)n3)cc2)cc1. The Labute approximate surface area is 168 Å². The standard InChI is InChI=1S/C22H22N2O3S/c1-15(25)18-7-9-20(10-8-18)27-13-22(26)23-12-11-17-3-5-19(6-4-17)21-14-28-16(2)24-21/h3-10,14H,11-13H2,1-2H3,(H,23,26). The lowest BCUT2D eigenvalue weighted by atomic mass is 10.1. The fourth-order valence-corrected chi connectivity index (χ4v) is 3.29. The summed E-state index contributed by atoms with van der Waals surface area (Å²) in [5.74, 6) is 0.386. The maximum Gasteiger partial charge on any atom is 0.257 e. The Balaban J connectivity index is 1.40. The Morgan fingerprint density at radius 3 is 2.39 bits per heavy atom. The topological polar surface area (TPSA) is 68.3 Å². The molecule has 0 saturated carbocycles. The van der Waals surface area contributed by atoms with Crippen molar-refractivity contribution >= 4 is 23.0 Å². The minimum Gasteiger partial charge on any atom is -0.484 e. The molecule has 0 aliphatic heterocycles. The van der Waals surface area contributed by atoms with E-state index in [4.69, 9.17) is 4.74 Å². The van der Waals surface area contributed by atoms with Gasteiger partial charge in [-0.15, -0.1) is 11.3 Å². The Morgan fingerprint density at radius 1 is 1.07 bits per heavy atom. The summed E-state index contributed by atoms with van der Waals surface area (Å²) in [4.78, 5) is 27.7. The van der Waals surface area contributed by atoms with Gasteiger partial charge in [-0.1, -0.05) is 24.3 Å². The van der Waals surface area contributed by atoms with E-state index >= 15 is 0 Å². The molecule has 1 heterocycles. The molecule has 0 saturated heterocycles. The molecule has 1 amide bonds. The predicted octanol–water partition coefficient (Wildman–Crippen LogP) is 4.06. The van der Waals surface area contributed by atoms with Gasteiger partial charge in [-0.3, -0.25) is 9.59 Å². The first-order valence-corrected chi connectivity index (χ1v) is 9.91. The van der Waals surface area contributed by atoms with Gasteiger partial charge in [0, 0.05) is 23.1 Å². The lowest BCUT2D eigenvalue weighted by molar-refractivity contribution is -0.123. The van der Waals surface area contributed by atoms with E-state index in [1.165, 1.54) is 6.92 Å². The van der Waals surface area contributed by atoms with E-state index in [2.05, 4.69) is 39.9 Å². The van der Waals surface area contributed by atoms with Crippen LogP contribution in [0.5, 0.6) is 5.75 Å². The fraction of sp³-hybridized carbons (Fsp3) is 0.227. The summed E-state index contributed by atoms with van der Waals surface area (Å²) in [5, 5.41) is 5.96. The molecular formula is C22H22N2O3S. The van der Waals surface area contributed by atoms with Crippen LogP contribution < -0.4 is 10.1 Å². The van der Waals surface area contributed by atoms with E-state index < -0.39 is 0 Å². The number of rotatable bonds is 8. The third-order valence-corrected chi connectivity index (χ3v) is 5.01. The van der Waals surface area contributed by atoms with Crippen LogP contribution in [0, 0.1) is 6.92 Å². The van der Waals surface area contributed by atoms with Gasteiger partial charge in [0.05, 0.1) is 10.7 Å². The number of ketones is 1. The molecule has 0 radical (unpaired) electrons. The van der Waals surface area contributed by atoms with E-state index in [0.717, 1.165) is 28.2 Å². The summed E-state index contributed by atoms with van der Waals surface area (Å²) in [6, 6.07) is 15.0. The van der Waals surface area contributed by atoms with Crippen molar-refractivity contribution in [2.45, 2.75) is 20.3 Å². The predicted molar refractivity (Wildman–Crippen MR) is 111 cm³/mol. The second-order valence-corrected chi connectivity index (χ2v) is 7.48. The molecule has 0 unspecified atom stereocenters. The monoisotopic (exact) mass is 394 g/mol. The van der Waals surface area contributed by atoms with E-state index in [0.29, 0.717) is 17.9 Å². The quantitative estimate of drug-likeness (QED) is 0.585. The molecule has 1 N–H and O–H groups in total. The average molecular weight is 394 g/mol. The van der Waals surface area contributed by atoms with Crippen LogP contribution in [0.25, 0.3) is 11.3 Å². The van der Waals surface area contributed by atoms with Crippen molar-refractivity contribution in [3.05, 3.63) is 70.0 Å². The highest BCUT2D eigenvalue weighted by atomic mass is 32.1. The molecule has 5 nitrogen and oxygen atoms in total. The summed E-state index contributed by atoms with van der Waals surface area (Å²) in [6.45, 7) is 4.00. The molecular weight excluding hydrogens is 372 g/mol. The Hall–Kier alpha value is -2.99. The third-order valence-electron chi connectivity index (χ3n) is 4.24. The number of aromatic nitrogens is 1. The third kappa shape index (κ3) is 5.50. The lowest BCUT2D eigenvalue weighted by Crippen LogP contribution is -2.30. The van der Waals surface area contributed by atoms with E-state index in [1.807, 2.05) is 6.92 Å². The zero-order valence-electron chi connectivity index (χ0n) is 15.9. The molecule has 0 bridgehead atoms. The molecule has 6 heteroatoms.